The van der Waals surface area contributed by atoms with E-state index >= 15 is 0 Å². The fourth-order valence-electron chi connectivity index (χ4n) is 3.88. The van der Waals surface area contributed by atoms with E-state index in [2.05, 4.69) is 4.72 Å². The molecule has 1 saturated heterocycles. The minimum absolute atomic E-state index is 0.00393. The van der Waals surface area contributed by atoms with Crippen LogP contribution in [0.15, 0.2) is 47.4 Å². The van der Waals surface area contributed by atoms with E-state index in [4.69, 9.17) is 0 Å². The molecular formula is C20H23N3O5S2. The maximum atomic E-state index is 12.8. The van der Waals surface area contributed by atoms with Gasteiger partial charge in [0.1, 0.15) is 0 Å². The zero-order valence-corrected chi connectivity index (χ0v) is 18.2. The summed E-state index contributed by atoms with van der Waals surface area (Å²) in [5.41, 5.74) is 2.43. The first-order chi connectivity index (χ1) is 14.2. The average Bonchev–Trinajstić information content (AvgIpc) is 3.01. The van der Waals surface area contributed by atoms with Crippen LogP contribution < -0.4 is 13.9 Å². The largest absolute Gasteiger partial charge is 0.312 e. The van der Waals surface area contributed by atoms with Crippen molar-refractivity contribution in [2.45, 2.75) is 31.1 Å². The Bertz CT molecular complexity index is 1190. The van der Waals surface area contributed by atoms with E-state index in [0.717, 1.165) is 17.7 Å². The Kier molecular flexibility index (Phi) is 5.23. The van der Waals surface area contributed by atoms with Crippen molar-refractivity contribution >= 4 is 43.0 Å². The second kappa shape index (κ2) is 7.59. The van der Waals surface area contributed by atoms with Crippen LogP contribution in [0.5, 0.6) is 0 Å². The predicted octanol–water partition coefficient (Wildman–Crippen LogP) is 2.33. The molecule has 2 aromatic rings. The third-order valence-corrected chi connectivity index (χ3v) is 8.63. The number of benzene rings is 2. The predicted molar refractivity (Wildman–Crippen MR) is 116 cm³/mol. The van der Waals surface area contributed by atoms with Crippen LogP contribution in [0.2, 0.25) is 0 Å². The average molecular weight is 450 g/mol. The van der Waals surface area contributed by atoms with E-state index in [9.17, 15) is 21.6 Å². The Hall–Kier alpha value is -2.59. The maximum Gasteiger partial charge on any atom is 0.261 e. The molecule has 2 aromatic carbocycles. The van der Waals surface area contributed by atoms with Crippen LogP contribution in [-0.4, -0.2) is 41.6 Å². The second-order valence-electron chi connectivity index (χ2n) is 7.35. The van der Waals surface area contributed by atoms with Gasteiger partial charge in [-0.3, -0.25) is 13.8 Å². The molecule has 0 spiro atoms. The summed E-state index contributed by atoms with van der Waals surface area (Å²) in [5.74, 6) is 0.0982. The van der Waals surface area contributed by atoms with E-state index in [1.165, 1.54) is 28.6 Å². The molecule has 1 fully saturated rings. The molecule has 10 heteroatoms. The van der Waals surface area contributed by atoms with Crippen molar-refractivity contribution < 1.29 is 21.6 Å². The van der Waals surface area contributed by atoms with Gasteiger partial charge in [0.25, 0.3) is 10.0 Å². The van der Waals surface area contributed by atoms with E-state index < -0.39 is 20.0 Å². The molecule has 2 aliphatic rings. The molecule has 1 N–H and O–H groups in total. The molecule has 8 nitrogen and oxygen atoms in total. The first-order valence-electron chi connectivity index (χ1n) is 9.78. The van der Waals surface area contributed by atoms with Gasteiger partial charge in [0.2, 0.25) is 15.9 Å². The van der Waals surface area contributed by atoms with Crippen molar-refractivity contribution in [3.05, 3.63) is 48.0 Å². The Morgan fingerprint density at radius 2 is 1.80 bits per heavy atom. The molecule has 0 unspecified atom stereocenters. The number of amides is 1. The smallest absolute Gasteiger partial charge is 0.261 e. The van der Waals surface area contributed by atoms with E-state index in [1.807, 2.05) is 6.92 Å². The molecule has 160 valence electrons. The summed E-state index contributed by atoms with van der Waals surface area (Å²) in [6.07, 6.45) is 1.66. The third-order valence-electron chi connectivity index (χ3n) is 5.37. The number of sulfonamides is 2. The molecule has 30 heavy (non-hydrogen) atoms. The SMILES string of the molecule is CCN1C(=O)Cc2cc(NS(=O)(=O)c3ccc(N4CCCCS4(=O)=O)cc3)ccc21. The number of anilines is 3. The number of hydrogen-bond donors (Lipinski definition) is 1. The van der Waals surface area contributed by atoms with Crippen LogP contribution in [0.3, 0.4) is 0 Å². The minimum Gasteiger partial charge on any atom is -0.312 e. The topological polar surface area (TPSA) is 104 Å². The Morgan fingerprint density at radius 1 is 1.07 bits per heavy atom. The highest BCUT2D eigenvalue weighted by atomic mass is 32.2. The number of nitrogens with one attached hydrogen (secondary N) is 1. The van der Waals surface area contributed by atoms with Gasteiger partial charge in [0.15, 0.2) is 0 Å². The molecular weight excluding hydrogens is 426 g/mol. The van der Waals surface area contributed by atoms with Crippen LogP contribution in [-0.2, 0) is 31.3 Å². The monoisotopic (exact) mass is 449 g/mol. The van der Waals surface area contributed by atoms with Crippen molar-refractivity contribution in [1.82, 2.24) is 0 Å². The molecule has 2 heterocycles. The molecule has 0 aromatic heterocycles. The standard InChI is InChI=1S/C20H23N3O5S2/c1-2-22-19-10-5-16(13-15(19)14-20(22)24)21-30(27,28)18-8-6-17(7-9-18)23-11-3-4-12-29(23,25)26/h5-10,13,21H,2-4,11-12,14H2,1H3. The fraction of sp³-hybridized carbons (Fsp3) is 0.350. The van der Waals surface area contributed by atoms with Gasteiger partial charge in [-0.15, -0.1) is 0 Å². The van der Waals surface area contributed by atoms with E-state index in [-0.39, 0.29) is 23.0 Å². The Labute approximate surface area is 176 Å². The van der Waals surface area contributed by atoms with Crippen molar-refractivity contribution in [3.63, 3.8) is 0 Å². The second-order valence-corrected chi connectivity index (χ2v) is 11.0. The highest BCUT2D eigenvalue weighted by Crippen LogP contribution is 2.32. The molecule has 4 rings (SSSR count). The van der Waals surface area contributed by atoms with Gasteiger partial charge >= 0.3 is 0 Å². The number of carbonyl (C=O) groups excluding carboxylic acids is 1. The quantitative estimate of drug-likeness (QED) is 0.755. The lowest BCUT2D eigenvalue weighted by molar-refractivity contribution is -0.117. The molecule has 0 radical (unpaired) electrons. The summed E-state index contributed by atoms with van der Waals surface area (Å²) in [6, 6.07) is 10.9. The number of carbonyl (C=O) groups is 1. The maximum absolute atomic E-state index is 12.8. The number of hydrogen-bond acceptors (Lipinski definition) is 5. The minimum atomic E-state index is -3.86. The van der Waals surface area contributed by atoms with Gasteiger partial charge < -0.3 is 4.90 Å². The van der Waals surface area contributed by atoms with E-state index in [0.29, 0.717) is 30.9 Å². The summed E-state index contributed by atoms with van der Waals surface area (Å²) in [4.78, 5) is 13.7. The van der Waals surface area contributed by atoms with E-state index in [1.54, 1.807) is 23.1 Å². The van der Waals surface area contributed by atoms with Gasteiger partial charge in [-0.2, -0.15) is 0 Å². The highest BCUT2D eigenvalue weighted by Gasteiger charge is 2.28. The summed E-state index contributed by atoms with van der Waals surface area (Å²) in [5, 5.41) is 0. The number of likely N-dealkylation sites (N-methyl/N-ethyl adjacent to an activating group) is 1. The molecule has 0 saturated carbocycles. The summed E-state index contributed by atoms with van der Waals surface area (Å²) < 4.78 is 53.9. The molecule has 0 aliphatic carbocycles. The Balaban J connectivity index is 1.55. The van der Waals surface area contributed by atoms with Crippen molar-refractivity contribution in [1.29, 1.82) is 0 Å². The normalized spacial score (nSPS) is 18.4. The first-order valence-corrected chi connectivity index (χ1v) is 12.9. The zero-order valence-electron chi connectivity index (χ0n) is 16.5. The van der Waals surface area contributed by atoms with Crippen LogP contribution in [0.1, 0.15) is 25.3 Å². The van der Waals surface area contributed by atoms with Crippen LogP contribution in [0.25, 0.3) is 0 Å². The summed E-state index contributed by atoms with van der Waals surface area (Å²) in [6.45, 7) is 2.85. The fourth-order valence-corrected chi connectivity index (χ4v) is 6.57. The van der Waals surface area contributed by atoms with Crippen LogP contribution in [0.4, 0.5) is 17.1 Å². The molecule has 0 atom stereocenters. The lowest BCUT2D eigenvalue weighted by Crippen LogP contribution is -2.37. The zero-order chi connectivity index (χ0) is 21.5. The van der Waals surface area contributed by atoms with Gasteiger partial charge in [-0.1, -0.05) is 0 Å². The molecule has 0 bridgehead atoms. The summed E-state index contributed by atoms with van der Waals surface area (Å²) >= 11 is 0. The first kappa shape index (κ1) is 20.7. The van der Waals surface area contributed by atoms with Gasteiger partial charge in [0.05, 0.1) is 22.8 Å². The number of fused-ring (bicyclic) bond motifs is 1. The highest BCUT2D eigenvalue weighted by molar-refractivity contribution is 7.93. The lowest BCUT2D eigenvalue weighted by Gasteiger charge is -2.28. The number of nitrogens with zero attached hydrogens (tertiary/aromatic N) is 2. The lowest BCUT2D eigenvalue weighted by atomic mass is 10.1. The molecule has 2 aliphatic heterocycles. The molecule has 1 amide bonds. The van der Waals surface area contributed by atoms with Crippen molar-refractivity contribution in [3.8, 4) is 0 Å². The van der Waals surface area contributed by atoms with Crippen molar-refractivity contribution in [2.24, 2.45) is 0 Å². The number of rotatable bonds is 5. The van der Waals surface area contributed by atoms with Gasteiger partial charge in [-0.25, -0.2) is 16.8 Å². The Morgan fingerprint density at radius 3 is 2.47 bits per heavy atom. The third kappa shape index (κ3) is 3.77. The van der Waals surface area contributed by atoms with Crippen LogP contribution >= 0.6 is 0 Å². The van der Waals surface area contributed by atoms with Crippen molar-refractivity contribution in [2.75, 3.05) is 32.8 Å². The van der Waals surface area contributed by atoms with Crippen LogP contribution in [0, 0.1) is 0 Å². The van der Waals surface area contributed by atoms with Gasteiger partial charge in [0, 0.05) is 24.5 Å². The summed E-state index contributed by atoms with van der Waals surface area (Å²) in [7, 11) is -7.21. The van der Waals surface area contributed by atoms with Gasteiger partial charge in [-0.05, 0) is 67.8 Å².